The van der Waals surface area contributed by atoms with Gasteiger partial charge in [-0.05, 0) is 39.5 Å². The Balaban J connectivity index is 2.28. The number of carbonyl (C=O) groups is 1. The molecule has 1 fully saturated rings. The van der Waals surface area contributed by atoms with Gasteiger partial charge in [0.25, 0.3) is 0 Å². The number of hydrogen-bond acceptors (Lipinski definition) is 2. The first-order valence-electron chi connectivity index (χ1n) is 6.40. The minimum absolute atomic E-state index is 0.278. The van der Waals surface area contributed by atoms with Crippen molar-refractivity contribution in [2.45, 2.75) is 71.4 Å². The molecule has 1 aliphatic rings. The molecule has 3 nitrogen and oxygen atoms in total. The number of rotatable bonds is 4. The van der Waals surface area contributed by atoms with Gasteiger partial charge in [0.2, 0.25) is 0 Å². The summed E-state index contributed by atoms with van der Waals surface area (Å²) in [6, 6.07) is 0.278. The van der Waals surface area contributed by atoms with E-state index in [1.807, 2.05) is 20.8 Å². The molecule has 0 aromatic rings. The molecule has 0 spiro atoms. The van der Waals surface area contributed by atoms with Crippen LogP contribution in [0.1, 0.15) is 59.8 Å². The Morgan fingerprint density at radius 1 is 1.44 bits per heavy atom. The summed E-state index contributed by atoms with van der Waals surface area (Å²) in [7, 11) is 0. The van der Waals surface area contributed by atoms with Gasteiger partial charge in [-0.25, -0.2) is 4.79 Å². The lowest BCUT2D eigenvalue weighted by Crippen LogP contribution is -2.40. The Hall–Kier alpha value is -0.730. The van der Waals surface area contributed by atoms with E-state index in [0.29, 0.717) is 0 Å². The van der Waals surface area contributed by atoms with Crippen LogP contribution in [0.2, 0.25) is 0 Å². The highest BCUT2D eigenvalue weighted by atomic mass is 16.6. The maximum Gasteiger partial charge on any atom is 0.407 e. The van der Waals surface area contributed by atoms with Crippen LogP contribution in [-0.4, -0.2) is 17.7 Å². The van der Waals surface area contributed by atoms with Gasteiger partial charge in [-0.3, -0.25) is 0 Å². The standard InChI is InChI=1S/C13H25NO2/c1-5-11(9-10-7-6-8-10)14-12(15)16-13(2,3)4/h10-11H,5-9H2,1-4H3,(H,14,15). The number of hydrogen-bond donors (Lipinski definition) is 1. The van der Waals surface area contributed by atoms with Crippen molar-refractivity contribution in [1.82, 2.24) is 5.32 Å². The van der Waals surface area contributed by atoms with Gasteiger partial charge in [0.1, 0.15) is 5.60 Å². The van der Waals surface area contributed by atoms with Crippen molar-refractivity contribution in [2.24, 2.45) is 5.92 Å². The van der Waals surface area contributed by atoms with Gasteiger partial charge >= 0.3 is 6.09 Å². The molecule has 3 heteroatoms. The topological polar surface area (TPSA) is 38.3 Å². The van der Waals surface area contributed by atoms with Crippen molar-refractivity contribution in [3.05, 3.63) is 0 Å². The van der Waals surface area contributed by atoms with E-state index in [2.05, 4.69) is 12.2 Å². The lowest BCUT2D eigenvalue weighted by Gasteiger charge is -2.30. The second kappa shape index (κ2) is 5.55. The molecule has 1 amide bonds. The molecule has 0 aromatic heterocycles. The Bertz CT molecular complexity index is 229. The highest BCUT2D eigenvalue weighted by Crippen LogP contribution is 2.31. The van der Waals surface area contributed by atoms with Crippen LogP contribution in [0.4, 0.5) is 4.79 Å². The van der Waals surface area contributed by atoms with Crippen LogP contribution < -0.4 is 5.32 Å². The quantitative estimate of drug-likeness (QED) is 0.798. The minimum atomic E-state index is -0.404. The average molecular weight is 227 g/mol. The van der Waals surface area contributed by atoms with Crippen molar-refractivity contribution in [2.75, 3.05) is 0 Å². The monoisotopic (exact) mass is 227 g/mol. The predicted octanol–water partition coefficient (Wildman–Crippen LogP) is 3.48. The van der Waals surface area contributed by atoms with E-state index in [4.69, 9.17) is 4.74 Å². The molecule has 1 saturated carbocycles. The Kier molecular flexibility index (Phi) is 4.63. The molecule has 0 radical (unpaired) electrons. The summed E-state index contributed by atoms with van der Waals surface area (Å²) in [4.78, 5) is 11.6. The van der Waals surface area contributed by atoms with Crippen LogP contribution >= 0.6 is 0 Å². The van der Waals surface area contributed by atoms with Gasteiger partial charge in [-0.15, -0.1) is 0 Å². The van der Waals surface area contributed by atoms with Crippen molar-refractivity contribution >= 4 is 6.09 Å². The highest BCUT2D eigenvalue weighted by molar-refractivity contribution is 5.68. The summed E-state index contributed by atoms with van der Waals surface area (Å²) in [5, 5.41) is 2.96. The molecule has 1 atom stereocenters. The van der Waals surface area contributed by atoms with Crippen LogP contribution in [0.5, 0.6) is 0 Å². The van der Waals surface area contributed by atoms with Crippen molar-refractivity contribution in [1.29, 1.82) is 0 Å². The van der Waals surface area contributed by atoms with E-state index in [1.165, 1.54) is 19.3 Å². The molecule has 94 valence electrons. The number of carbonyl (C=O) groups excluding carboxylic acids is 1. The second-order valence-electron chi connectivity index (χ2n) is 5.78. The largest absolute Gasteiger partial charge is 0.444 e. The maximum absolute atomic E-state index is 11.6. The summed E-state index contributed by atoms with van der Waals surface area (Å²) in [5.74, 6) is 0.819. The lowest BCUT2D eigenvalue weighted by molar-refractivity contribution is 0.0490. The zero-order chi connectivity index (χ0) is 12.2. The molecular weight excluding hydrogens is 202 g/mol. The fraction of sp³-hybridized carbons (Fsp3) is 0.923. The zero-order valence-corrected chi connectivity index (χ0v) is 11.0. The smallest absolute Gasteiger partial charge is 0.407 e. The predicted molar refractivity (Wildman–Crippen MR) is 65.4 cm³/mol. The number of ether oxygens (including phenoxy) is 1. The Morgan fingerprint density at radius 2 is 2.06 bits per heavy atom. The number of alkyl carbamates (subject to hydrolysis) is 1. The highest BCUT2D eigenvalue weighted by Gasteiger charge is 2.24. The van der Waals surface area contributed by atoms with E-state index < -0.39 is 5.60 Å². The first-order valence-corrected chi connectivity index (χ1v) is 6.40. The van der Waals surface area contributed by atoms with E-state index in [-0.39, 0.29) is 12.1 Å². The first-order chi connectivity index (χ1) is 7.40. The van der Waals surface area contributed by atoms with Crippen LogP contribution in [0, 0.1) is 5.92 Å². The molecular formula is C13H25NO2. The van der Waals surface area contributed by atoms with Gasteiger partial charge in [0.15, 0.2) is 0 Å². The average Bonchev–Trinajstić information content (AvgIpc) is 2.05. The fourth-order valence-corrected chi connectivity index (χ4v) is 1.93. The van der Waals surface area contributed by atoms with E-state index >= 15 is 0 Å². The Morgan fingerprint density at radius 3 is 2.44 bits per heavy atom. The maximum atomic E-state index is 11.6. The van der Waals surface area contributed by atoms with Crippen molar-refractivity contribution in [3.63, 3.8) is 0 Å². The minimum Gasteiger partial charge on any atom is -0.444 e. The third kappa shape index (κ3) is 4.86. The summed E-state index contributed by atoms with van der Waals surface area (Å²) in [6.45, 7) is 7.78. The van der Waals surface area contributed by atoms with Crippen LogP contribution in [0.15, 0.2) is 0 Å². The number of nitrogens with one attached hydrogen (secondary N) is 1. The SMILES string of the molecule is CCC(CC1CCC1)NC(=O)OC(C)(C)C. The van der Waals surface area contributed by atoms with Gasteiger partial charge in [0, 0.05) is 6.04 Å². The normalized spacial score (nSPS) is 18.8. The number of amides is 1. The molecule has 1 unspecified atom stereocenters. The fourth-order valence-electron chi connectivity index (χ4n) is 1.93. The van der Waals surface area contributed by atoms with E-state index in [9.17, 15) is 4.79 Å². The van der Waals surface area contributed by atoms with Crippen LogP contribution in [0.3, 0.4) is 0 Å². The first kappa shape index (κ1) is 13.3. The van der Waals surface area contributed by atoms with Gasteiger partial charge in [-0.1, -0.05) is 26.2 Å². The van der Waals surface area contributed by atoms with Crippen LogP contribution in [-0.2, 0) is 4.74 Å². The summed E-state index contributed by atoms with van der Waals surface area (Å²) < 4.78 is 5.25. The van der Waals surface area contributed by atoms with Crippen molar-refractivity contribution in [3.8, 4) is 0 Å². The molecule has 1 aliphatic carbocycles. The molecule has 0 aromatic carbocycles. The molecule has 0 heterocycles. The third-order valence-electron chi connectivity index (χ3n) is 3.06. The summed E-state index contributed by atoms with van der Waals surface area (Å²) in [6.07, 6.45) is 5.82. The zero-order valence-electron chi connectivity index (χ0n) is 11.0. The second-order valence-corrected chi connectivity index (χ2v) is 5.78. The molecule has 1 rings (SSSR count). The Labute approximate surface area is 98.9 Å². The molecule has 0 bridgehead atoms. The van der Waals surface area contributed by atoms with E-state index in [0.717, 1.165) is 18.8 Å². The van der Waals surface area contributed by atoms with E-state index in [1.54, 1.807) is 0 Å². The molecule has 0 saturated heterocycles. The molecule has 16 heavy (non-hydrogen) atoms. The summed E-state index contributed by atoms with van der Waals surface area (Å²) in [5.41, 5.74) is -0.404. The molecule has 1 N–H and O–H groups in total. The van der Waals surface area contributed by atoms with Crippen molar-refractivity contribution < 1.29 is 9.53 Å². The van der Waals surface area contributed by atoms with Gasteiger partial charge < -0.3 is 10.1 Å². The molecule has 0 aliphatic heterocycles. The van der Waals surface area contributed by atoms with Gasteiger partial charge in [-0.2, -0.15) is 0 Å². The lowest BCUT2D eigenvalue weighted by atomic mass is 9.80. The third-order valence-corrected chi connectivity index (χ3v) is 3.06. The van der Waals surface area contributed by atoms with Crippen LogP contribution in [0.25, 0.3) is 0 Å². The summed E-state index contributed by atoms with van der Waals surface area (Å²) >= 11 is 0. The van der Waals surface area contributed by atoms with Gasteiger partial charge in [0.05, 0.1) is 0 Å².